The molecule has 0 spiro atoms. The Morgan fingerprint density at radius 2 is 1.95 bits per heavy atom. The molecule has 2 atom stereocenters. The molecule has 6 nitrogen and oxygen atoms in total. The molecule has 0 bridgehead atoms. The van der Waals surface area contributed by atoms with Gasteiger partial charge in [0.1, 0.15) is 0 Å². The topological polar surface area (TPSA) is 73.5 Å². The van der Waals surface area contributed by atoms with Crippen LogP contribution in [-0.2, 0) is 0 Å². The highest BCUT2D eigenvalue weighted by molar-refractivity contribution is 5.37. The van der Waals surface area contributed by atoms with Crippen molar-refractivity contribution in [3.05, 3.63) is 6.07 Å². The SMILES string of the molecule is CCC1CN(c2nc(OC)cc(OC)n2)CCC1N. The quantitative estimate of drug-likeness (QED) is 0.878. The van der Waals surface area contributed by atoms with Crippen LogP contribution in [0.3, 0.4) is 0 Å². The Morgan fingerprint density at radius 3 is 2.47 bits per heavy atom. The maximum atomic E-state index is 6.13. The van der Waals surface area contributed by atoms with Crippen LogP contribution in [-0.4, -0.2) is 43.3 Å². The lowest BCUT2D eigenvalue weighted by atomic mass is 9.91. The van der Waals surface area contributed by atoms with Gasteiger partial charge >= 0.3 is 0 Å². The molecule has 0 saturated carbocycles. The summed E-state index contributed by atoms with van der Waals surface area (Å²) in [7, 11) is 3.18. The van der Waals surface area contributed by atoms with E-state index in [2.05, 4.69) is 21.8 Å². The summed E-state index contributed by atoms with van der Waals surface area (Å²) >= 11 is 0. The van der Waals surface area contributed by atoms with E-state index in [1.165, 1.54) is 0 Å². The lowest BCUT2D eigenvalue weighted by molar-refractivity contribution is 0.339. The van der Waals surface area contributed by atoms with Gasteiger partial charge in [0.15, 0.2) is 0 Å². The van der Waals surface area contributed by atoms with Crippen molar-refractivity contribution in [1.29, 1.82) is 0 Å². The van der Waals surface area contributed by atoms with Gasteiger partial charge in [0.25, 0.3) is 0 Å². The fourth-order valence-electron chi connectivity index (χ4n) is 2.41. The van der Waals surface area contributed by atoms with Crippen molar-refractivity contribution in [1.82, 2.24) is 9.97 Å². The molecule has 1 fully saturated rings. The number of anilines is 1. The van der Waals surface area contributed by atoms with E-state index in [-0.39, 0.29) is 6.04 Å². The molecule has 106 valence electrons. The Morgan fingerprint density at radius 1 is 1.32 bits per heavy atom. The first-order valence-corrected chi connectivity index (χ1v) is 6.65. The van der Waals surface area contributed by atoms with E-state index < -0.39 is 0 Å². The molecule has 2 heterocycles. The van der Waals surface area contributed by atoms with Gasteiger partial charge in [0, 0.05) is 19.1 Å². The average Bonchev–Trinajstić information content (AvgIpc) is 2.47. The molecular formula is C13H22N4O2. The second-order valence-electron chi connectivity index (χ2n) is 4.82. The van der Waals surface area contributed by atoms with Crippen molar-refractivity contribution >= 4 is 5.95 Å². The van der Waals surface area contributed by atoms with E-state index in [1.807, 2.05) is 0 Å². The summed E-state index contributed by atoms with van der Waals surface area (Å²) in [5, 5.41) is 0. The molecule has 1 aromatic heterocycles. The Balaban J connectivity index is 2.21. The van der Waals surface area contributed by atoms with Gasteiger partial charge < -0.3 is 20.1 Å². The van der Waals surface area contributed by atoms with Gasteiger partial charge in [-0.15, -0.1) is 0 Å². The first kappa shape index (κ1) is 13.9. The maximum Gasteiger partial charge on any atom is 0.231 e. The Hall–Kier alpha value is -1.56. The summed E-state index contributed by atoms with van der Waals surface area (Å²) in [5.41, 5.74) is 6.13. The van der Waals surface area contributed by atoms with Crippen molar-refractivity contribution in [2.75, 3.05) is 32.2 Å². The summed E-state index contributed by atoms with van der Waals surface area (Å²) < 4.78 is 10.4. The van der Waals surface area contributed by atoms with Crippen LogP contribution in [0.5, 0.6) is 11.8 Å². The van der Waals surface area contributed by atoms with Crippen molar-refractivity contribution in [3.8, 4) is 11.8 Å². The normalized spacial score (nSPS) is 23.3. The smallest absolute Gasteiger partial charge is 0.231 e. The number of aromatic nitrogens is 2. The summed E-state index contributed by atoms with van der Waals surface area (Å²) in [6.07, 6.45) is 2.03. The van der Waals surface area contributed by atoms with E-state index >= 15 is 0 Å². The number of ether oxygens (including phenoxy) is 2. The van der Waals surface area contributed by atoms with E-state index in [1.54, 1.807) is 20.3 Å². The Bertz CT molecular complexity index is 405. The second kappa shape index (κ2) is 6.06. The van der Waals surface area contributed by atoms with Gasteiger partial charge in [-0.25, -0.2) is 0 Å². The van der Waals surface area contributed by atoms with Crippen molar-refractivity contribution in [2.45, 2.75) is 25.8 Å². The molecular weight excluding hydrogens is 244 g/mol. The first-order valence-electron chi connectivity index (χ1n) is 6.65. The summed E-state index contributed by atoms with van der Waals surface area (Å²) in [6, 6.07) is 1.95. The number of rotatable bonds is 4. The third kappa shape index (κ3) is 3.07. The van der Waals surface area contributed by atoms with E-state index in [9.17, 15) is 0 Å². The maximum absolute atomic E-state index is 6.13. The number of nitrogens with zero attached hydrogens (tertiary/aromatic N) is 3. The van der Waals surface area contributed by atoms with Crippen LogP contribution in [0.4, 0.5) is 5.95 Å². The lowest BCUT2D eigenvalue weighted by Gasteiger charge is -2.36. The van der Waals surface area contributed by atoms with Crippen molar-refractivity contribution in [3.63, 3.8) is 0 Å². The van der Waals surface area contributed by atoms with E-state index in [0.717, 1.165) is 25.9 Å². The standard InChI is InChI=1S/C13H22N4O2/c1-4-9-8-17(6-5-10(9)14)13-15-11(18-2)7-12(16-13)19-3/h7,9-10H,4-6,8,14H2,1-3H3. The molecule has 19 heavy (non-hydrogen) atoms. The molecule has 2 N–H and O–H groups in total. The zero-order valence-corrected chi connectivity index (χ0v) is 11.8. The predicted molar refractivity (Wildman–Crippen MR) is 73.7 cm³/mol. The van der Waals surface area contributed by atoms with Gasteiger partial charge in [-0.05, 0) is 12.3 Å². The number of piperidine rings is 1. The molecule has 2 unspecified atom stereocenters. The molecule has 0 radical (unpaired) electrons. The summed E-state index contributed by atoms with van der Waals surface area (Å²) in [6.45, 7) is 3.92. The van der Waals surface area contributed by atoms with E-state index in [0.29, 0.717) is 23.6 Å². The third-order valence-electron chi connectivity index (χ3n) is 3.69. The number of hydrogen-bond acceptors (Lipinski definition) is 6. The van der Waals surface area contributed by atoms with Crippen LogP contribution in [0.25, 0.3) is 0 Å². The number of hydrogen-bond donors (Lipinski definition) is 1. The van der Waals surface area contributed by atoms with Gasteiger partial charge in [0.05, 0.1) is 20.3 Å². The van der Waals surface area contributed by atoms with Crippen LogP contribution in [0.15, 0.2) is 6.07 Å². The van der Waals surface area contributed by atoms with Crippen molar-refractivity contribution < 1.29 is 9.47 Å². The minimum atomic E-state index is 0.272. The largest absolute Gasteiger partial charge is 0.481 e. The molecule has 2 rings (SSSR count). The molecule has 1 saturated heterocycles. The van der Waals surface area contributed by atoms with Crippen LogP contribution < -0.4 is 20.1 Å². The number of nitrogens with two attached hydrogens (primary N) is 1. The predicted octanol–water partition coefficient (Wildman–Crippen LogP) is 1.06. The molecule has 1 aliphatic rings. The van der Waals surface area contributed by atoms with Gasteiger partial charge in [-0.1, -0.05) is 13.3 Å². The summed E-state index contributed by atoms with van der Waals surface area (Å²) in [5.74, 6) is 2.17. The molecule has 1 aliphatic heterocycles. The monoisotopic (exact) mass is 266 g/mol. The minimum absolute atomic E-state index is 0.272. The number of methoxy groups -OCH3 is 2. The molecule has 6 heteroatoms. The zero-order valence-electron chi connectivity index (χ0n) is 11.8. The van der Waals surface area contributed by atoms with Crippen LogP contribution in [0.2, 0.25) is 0 Å². The Kier molecular flexibility index (Phi) is 4.42. The highest BCUT2D eigenvalue weighted by atomic mass is 16.5. The molecule has 0 aliphatic carbocycles. The van der Waals surface area contributed by atoms with Crippen molar-refractivity contribution in [2.24, 2.45) is 11.7 Å². The third-order valence-corrected chi connectivity index (χ3v) is 3.69. The molecule has 1 aromatic rings. The van der Waals surface area contributed by atoms with Crippen LogP contribution in [0, 0.1) is 5.92 Å². The van der Waals surface area contributed by atoms with Gasteiger partial charge in [-0.3, -0.25) is 0 Å². The highest BCUT2D eigenvalue weighted by Gasteiger charge is 2.27. The van der Waals surface area contributed by atoms with Crippen LogP contribution in [0.1, 0.15) is 19.8 Å². The van der Waals surface area contributed by atoms with E-state index in [4.69, 9.17) is 15.2 Å². The summed E-state index contributed by atoms with van der Waals surface area (Å²) in [4.78, 5) is 10.9. The van der Waals surface area contributed by atoms with Gasteiger partial charge in [-0.2, -0.15) is 9.97 Å². The fraction of sp³-hybridized carbons (Fsp3) is 0.692. The Labute approximate surface area is 113 Å². The van der Waals surface area contributed by atoms with Crippen LogP contribution >= 0.6 is 0 Å². The highest BCUT2D eigenvalue weighted by Crippen LogP contribution is 2.25. The molecule has 0 aromatic carbocycles. The fourth-order valence-corrected chi connectivity index (χ4v) is 2.41. The zero-order chi connectivity index (χ0) is 13.8. The molecule has 0 amide bonds. The average molecular weight is 266 g/mol. The lowest BCUT2D eigenvalue weighted by Crippen LogP contribution is -2.47. The second-order valence-corrected chi connectivity index (χ2v) is 4.82. The first-order chi connectivity index (χ1) is 9.17. The van der Waals surface area contributed by atoms with Gasteiger partial charge in [0.2, 0.25) is 17.7 Å². The minimum Gasteiger partial charge on any atom is -0.481 e.